The molecule has 0 saturated heterocycles. The number of anilines is 1. The van der Waals surface area contributed by atoms with Gasteiger partial charge in [0, 0.05) is 25.3 Å². The van der Waals surface area contributed by atoms with Gasteiger partial charge in [-0.3, -0.25) is 4.79 Å². The number of carbonyl (C=O) groups is 1. The summed E-state index contributed by atoms with van der Waals surface area (Å²) in [5.41, 5.74) is 0.906. The van der Waals surface area contributed by atoms with Gasteiger partial charge in [0.25, 0.3) is 0 Å². The molecule has 1 atom stereocenters. The lowest BCUT2D eigenvalue weighted by Gasteiger charge is -2.21. The quantitative estimate of drug-likeness (QED) is 0.826. The first-order chi connectivity index (χ1) is 7.66. The molecule has 1 rings (SSSR count). The molecule has 0 radical (unpaired) electrons. The number of rotatable bonds is 5. The lowest BCUT2D eigenvalue weighted by Crippen LogP contribution is -2.31. The number of para-hydroxylation sites is 1. The predicted molar refractivity (Wildman–Crippen MR) is 65.3 cm³/mol. The zero-order valence-electron chi connectivity index (χ0n) is 9.89. The maximum Gasteiger partial charge on any atom is 0.229 e. The molecule has 0 saturated carbocycles. The number of hydrogen-bond donors (Lipinski definition) is 1. The van der Waals surface area contributed by atoms with Crippen molar-refractivity contribution in [2.24, 2.45) is 5.92 Å². The van der Waals surface area contributed by atoms with Crippen molar-refractivity contribution in [3.63, 3.8) is 0 Å². The Morgan fingerprint density at radius 3 is 2.56 bits per heavy atom. The summed E-state index contributed by atoms with van der Waals surface area (Å²) in [5.74, 6) is 0.0528. The van der Waals surface area contributed by atoms with Gasteiger partial charge in [0.05, 0.1) is 0 Å². The molecule has 3 heteroatoms. The highest BCUT2D eigenvalue weighted by molar-refractivity contribution is 5.94. The van der Waals surface area contributed by atoms with Crippen molar-refractivity contribution in [1.29, 1.82) is 0 Å². The van der Waals surface area contributed by atoms with Crippen LogP contribution in [0.1, 0.15) is 19.8 Å². The number of benzene rings is 1. The molecule has 88 valence electrons. The minimum absolute atomic E-state index is 0.0441. The summed E-state index contributed by atoms with van der Waals surface area (Å²) in [4.78, 5) is 13.7. The van der Waals surface area contributed by atoms with E-state index in [4.69, 9.17) is 5.11 Å². The Morgan fingerprint density at radius 1 is 1.38 bits per heavy atom. The number of carbonyl (C=O) groups excluding carboxylic acids is 1. The summed E-state index contributed by atoms with van der Waals surface area (Å²) in [7, 11) is 1.78. The van der Waals surface area contributed by atoms with Gasteiger partial charge < -0.3 is 10.0 Å². The van der Waals surface area contributed by atoms with E-state index in [1.165, 1.54) is 0 Å². The number of amides is 1. The molecule has 0 bridgehead atoms. The monoisotopic (exact) mass is 221 g/mol. The maximum absolute atomic E-state index is 12.0. The van der Waals surface area contributed by atoms with E-state index in [0.29, 0.717) is 6.42 Å². The first kappa shape index (κ1) is 12.7. The largest absolute Gasteiger partial charge is 0.396 e. The van der Waals surface area contributed by atoms with Crippen LogP contribution < -0.4 is 4.90 Å². The van der Waals surface area contributed by atoms with Crippen LogP contribution in [0.3, 0.4) is 0 Å². The van der Waals surface area contributed by atoms with E-state index in [0.717, 1.165) is 12.1 Å². The standard InChI is InChI=1S/C13H19NO2/c1-11(7-6-10-15)13(16)14(2)12-8-4-3-5-9-12/h3-5,8-9,11,15H,6-7,10H2,1-2H3. The van der Waals surface area contributed by atoms with Gasteiger partial charge in [0.2, 0.25) is 5.91 Å². The second-order valence-corrected chi connectivity index (χ2v) is 4.00. The summed E-state index contributed by atoms with van der Waals surface area (Å²) in [6.07, 6.45) is 1.40. The van der Waals surface area contributed by atoms with Gasteiger partial charge in [-0.05, 0) is 25.0 Å². The lowest BCUT2D eigenvalue weighted by molar-refractivity contribution is -0.121. The van der Waals surface area contributed by atoms with Crippen molar-refractivity contribution in [2.75, 3.05) is 18.6 Å². The van der Waals surface area contributed by atoms with Crippen molar-refractivity contribution in [2.45, 2.75) is 19.8 Å². The van der Waals surface area contributed by atoms with Crippen LogP contribution in [0.25, 0.3) is 0 Å². The van der Waals surface area contributed by atoms with Crippen molar-refractivity contribution >= 4 is 11.6 Å². The van der Waals surface area contributed by atoms with E-state index in [2.05, 4.69) is 0 Å². The van der Waals surface area contributed by atoms with Gasteiger partial charge in [-0.1, -0.05) is 25.1 Å². The van der Waals surface area contributed by atoms with E-state index in [9.17, 15) is 4.79 Å². The Balaban J connectivity index is 2.60. The van der Waals surface area contributed by atoms with E-state index < -0.39 is 0 Å². The lowest BCUT2D eigenvalue weighted by atomic mass is 10.0. The van der Waals surface area contributed by atoms with E-state index >= 15 is 0 Å². The average molecular weight is 221 g/mol. The Hall–Kier alpha value is -1.35. The minimum atomic E-state index is -0.0441. The third-order valence-corrected chi connectivity index (χ3v) is 2.69. The first-order valence-electron chi connectivity index (χ1n) is 5.60. The molecule has 1 aromatic rings. The van der Waals surface area contributed by atoms with Gasteiger partial charge in [-0.15, -0.1) is 0 Å². The topological polar surface area (TPSA) is 40.5 Å². The molecule has 3 nitrogen and oxygen atoms in total. The van der Waals surface area contributed by atoms with Crippen LogP contribution in [0.15, 0.2) is 30.3 Å². The predicted octanol–water partition coefficient (Wildman–Crippen LogP) is 2.06. The molecule has 0 fully saturated rings. The van der Waals surface area contributed by atoms with Gasteiger partial charge in [0.1, 0.15) is 0 Å². The van der Waals surface area contributed by atoms with Crippen LogP contribution in [0, 0.1) is 5.92 Å². The molecular formula is C13H19NO2. The third-order valence-electron chi connectivity index (χ3n) is 2.69. The first-order valence-corrected chi connectivity index (χ1v) is 5.60. The molecule has 1 N–H and O–H groups in total. The Kier molecular flexibility index (Phi) is 4.99. The molecule has 0 heterocycles. The number of nitrogens with zero attached hydrogens (tertiary/aromatic N) is 1. The van der Waals surface area contributed by atoms with E-state index in [-0.39, 0.29) is 18.4 Å². The van der Waals surface area contributed by atoms with Crippen LogP contribution in [-0.4, -0.2) is 24.7 Å². The molecule has 1 unspecified atom stereocenters. The van der Waals surface area contributed by atoms with E-state index in [1.54, 1.807) is 11.9 Å². The van der Waals surface area contributed by atoms with Crippen LogP contribution >= 0.6 is 0 Å². The second-order valence-electron chi connectivity index (χ2n) is 4.00. The van der Waals surface area contributed by atoms with Crippen molar-refractivity contribution in [1.82, 2.24) is 0 Å². The molecule has 16 heavy (non-hydrogen) atoms. The average Bonchev–Trinajstić information content (AvgIpc) is 2.35. The Bertz CT molecular complexity index is 324. The van der Waals surface area contributed by atoms with Gasteiger partial charge in [-0.2, -0.15) is 0 Å². The summed E-state index contributed by atoms with van der Waals surface area (Å²) in [6, 6.07) is 9.58. The summed E-state index contributed by atoms with van der Waals surface area (Å²) in [5, 5.41) is 8.73. The molecule has 1 amide bonds. The Labute approximate surface area is 96.7 Å². The highest BCUT2D eigenvalue weighted by Gasteiger charge is 2.17. The fourth-order valence-electron chi connectivity index (χ4n) is 1.63. The molecule has 0 aromatic heterocycles. The number of aliphatic hydroxyl groups is 1. The Morgan fingerprint density at radius 2 is 2.00 bits per heavy atom. The molecule has 1 aromatic carbocycles. The van der Waals surface area contributed by atoms with Crippen LogP contribution in [0.4, 0.5) is 5.69 Å². The molecule has 0 aliphatic carbocycles. The summed E-state index contributed by atoms with van der Waals surface area (Å²) < 4.78 is 0. The minimum Gasteiger partial charge on any atom is -0.396 e. The third kappa shape index (κ3) is 3.35. The zero-order valence-corrected chi connectivity index (χ0v) is 9.89. The summed E-state index contributed by atoms with van der Waals surface area (Å²) in [6.45, 7) is 2.05. The fourth-order valence-corrected chi connectivity index (χ4v) is 1.63. The van der Waals surface area contributed by atoms with Crippen molar-refractivity contribution < 1.29 is 9.90 Å². The van der Waals surface area contributed by atoms with E-state index in [1.807, 2.05) is 37.3 Å². The highest BCUT2D eigenvalue weighted by atomic mass is 16.3. The van der Waals surface area contributed by atoms with Gasteiger partial charge >= 0.3 is 0 Å². The van der Waals surface area contributed by atoms with Gasteiger partial charge in [0.15, 0.2) is 0 Å². The highest BCUT2D eigenvalue weighted by Crippen LogP contribution is 2.16. The summed E-state index contributed by atoms with van der Waals surface area (Å²) >= 11 is 0. The van der Waals surface area contributed by atoms with Crippen LogP contribution in [0.5, 0.6) is 0 Å². The second kappa shape index (κ2) is 6.28. The van der Waals surface area contributed by atoms with Crippen LogP contribution in [0.2, 0.25) is 0 Å². The smallest absolute Gasteiger partial charge is 0.229 e. The zero-order chi connectivity index (χ0) is 12.0. The fraction of sp³-hybridized carbons (Fsp3) is 0.462. The van der Waals surface area contributed by atoms with Crippen molar-refractivity contribution in [3.05, 3.63) is 30.3 Å². The molecular weight excluding hydrogens is 202 g/mol. The normalized spacial score (nSPS) is 12.2. The SMILES string of the molecule is CC(CCCO)C(=O)N(C)c1ccccc1. The number of hydrogen-bond acceptors (Lipinski definition) is 2. The molecule has 0 aliphatic heterocycles. The van der Waals surface area contributed by atoms with Crippen molar-refractivity contribution in [3.8, 4) is 0 Å². The molecule has 0 aliphatic rings. The maximum atomic E-state index is 12.0. The number of aliphatic hydroxyl groups excluding tert-OH is 1. The molecule has 0 spiro atoms. The van der Waals surface area contributed by atoms with Gasteiger partial charge in [-0.25, -0.2) is 0 Å². The van der Waals surface area contributed by atoms with Crippen LogP contribution in [-0.2, 0) is 4.79 Å².